The first-order valence-corrected chi connectivity index (χ1v) is 6.10. The van der Waals surface area contributed by atoms with Crippen LogP contribution < -0.4 is 0 Å². The first-order chi connectivity index (χ1) is 7.95. The van der Waals surface area contributed by atoms with Gasteiger partial charge in [-0.3, -0.25) is 4.98 Å². The molecule has 1 heteroatoms. The molecule has 2 aromatic rings. The van der Waals surface area contributed by atoms with Gasteiger partial charge < -0.3 is 0 Å². The minimum atomic E-state index is 0.710. The summed E-state index contributed by atoms with van der Waals surface area (Å²) in [5.74, 6) is 0.710. The Kier molecular flexibility index (Phi) is 2.61. The number of benzene rings is 1. The standard InChI is InChI=1S/C15H16N/c1-2-6-12(7-3-1)13-10-11-16-15-9-5-4-8-14(13)15/h2,4-5,8-12H,1,3,6-7H2. The van der Waals surface area contributed by atoms with E-state index in [1.807, 2.05) is 6.20 Å². The van der Waals surface area contributed by atoms with Crippen LogP contribution in [0, 0.1) is 6.42 Å². The lowest BCUT2D eigenvalue weighted by atomic mass is 9.83. The Morgan fingerprint density at radius 2 is 2.06 bits per heavy atom. The quantitative estimate of drug-likeness (QED) is 0.690. The second kappa shape index (κ2) is 4.25. The molecular weight excluding hydrogens is 194 g/mol. The summed E-state index contributed by atoms with van der Waals surface area (Å²) in [6.45, 7) is 0. The summed E-state index contributed by atoms with van der Waals surface area (Å²) in [6.07, 6.45) is 9.56. The molecule has 1 unspecified atom stereocenters. The molecule has 0 spiro atoms. The van der Waals surface area contributed by atoms with Crippen LogP contribution in [0.5, 0.6) is 0 Å². The smallest absolute Gasteiger partial charge is 0.0704 e. The molecule has 1 saturated carbocycles. The van der Waals surface area contributed by atoms with Gasteiger partial charge in [-0.05, 0) is 42.9 Å². The molecule has 1 nitrogen and oxygen atoms in total. The van der Waals surface area contributed by atoms with Crippen molar-refractivity contribution in [1.82, 2.24) is 4.98 Å². The number of nitrogens with zero attached hydrogens (tertiary/aromatic N) is 1. The molecular formula is C15H16N. The first kappa shape index (κ1) is 9.83. The lowest BCUT2D eigenvalue weighted by Gasteiger charge is -2.22. The molecule has 1 fully saturated rings. The molecule has 1 aromatic heterocycles. The van der Waals surface area contributed by atoms with Crippen molar-refractivity contribution in [2.24, 2.45) is 0 Å². The summed E-state index contributed by atoms with van der Waals surface area (Å²) in [5.41, 5.74) is 2.62. The van der Waals surface area contributed by atoms with Gasteiger partial charge in [0.05, 0.1) is 5.52 Å². The summed E-state index contributed by atoms with van der Waals surface area (Å²) in [5, 5.41) is 1.34. The Morgan fingerprint density at radius 1 is 1.12 bits per heavy atom. The number of fused-ring (bicyclic) bond motifs is 1. The molecule has 1 aliphatic carbocycles. The van der Waals surface area contributed by atoms with Crippen molar-refractivity contribution in [1.29, 1.82) is 0 Å². The second-order valence-electron chi connectivity index (χ2n) is 4.57. The molecule has 1 aromatic carbocycles. The zero-order valence-corrected chi connectivity index (χ0v) is 9.39. The van der Waals surface area contributed by atoms with Crippen LogP contribution in [0.15, 0.2) is 36.5 Å². The van der Waals surface area contributed by atoms with Gasteiger partial charge in [-0.2, -0.15) is 0 Å². The number of aromatic nitrogens is 1. The van der Waals surface area contributed by atoms with Crippen LogP contribution in [-0.4, -0.2) is 4.98 Å². The minimum Gasteiger partial charge on any atom is -0.256 e. The molecule has 1 heterocycles. The highest BCUT2D eigenvalue weighted by Gasteiger charge is 2.17. The zero-order chi connectivity index (χ0) is 10.8. The van der Waals surface area contributed by atoms with Crippen LogP contribution in [0.25, 0.3) is 10.9 Å². The highest BCUT2D eigenvalue weighted by atomic mass is 14.6. The van der Waals surface area contributed by atoms with Crippen LogP contribution in [0.1, 0.15) is 37.2 Å². The highest BCUT2D eigenvalue weighted by Crippen LogP contribution is 2.35. The summed E-state index contributed by atoms with van der Waals surface area (Å²) in [4.78, 5) is 4.43. The van der Waals surface area contributed by atoms with Gasteiger partial charge in [0.1, 0.15) is 0 Å². The number of rotatable bonds is 1. The molecule has 1 radical (unpaired) electrons. The maximum Gasteiger partial charge on any atom is 0.0704 e. The van der Waals surface area contributed by atoms with E-state index in [9.17, 15) is 0 Å². The van der Waals surface area contributed by atoms with E-state index >= 15 is 0 Å². The average molecular weight is 210 g/mol. The van der Waals surface area contributed by atoms with E-state index in [0.717, 1.165) is 5.52 Å². The third kappa shape index (κ3) is 1.71. The van der Waals surface area contributed by atoms with Crippen molar-refractivity contribution in [3.63, 3.8) is 0 Å². The minimum absolute atomic E-state index is 0.710. The van der Waals surface area contributed by atoms with E-state index in [1.165, 1.54) is 36.6 Å². The van der Waals surface area contributed by atoms with Gasteiger partial charge in [0.25, 0.3) is 0 Å². The van der Waals surface area contributed by atoms with Gasteiger partial charge in [0.15, 0.2) is 0 Å². The van der Waals surface area contributed by atoms with Crippen LogP contribution in [0.3, 0.4) is 0 Å². The van der Waals surface area contributed by atoms with Crippen molar-refractivity contribution in [3.05, 3.63) is 48.5 Å². The Labute approximate surface area is 96.5 Å². The molecule has 16 heavy (non-hydrogen) atoms. The van der Waals surface area contributed by atoms with Gasteiger partial charge in [0, 0.05) is 11.6 Å². The van der Waals surface area contributed by atoms with Crippen LogP contribution >= 0.6 is 0 Å². The first-order valence-electron chi connectivity index (χ1n) is 6.10. The molecule has 1 atom stereocenters. The molecule has 0 saturated heterocycles. The summed E-state index contributed by atoms with van der Waals surface area (Å²) in [7, 11) is 0. The van der Waals surface area contributed by atoms with Crippen molar-refractivity contribution in [2.75, 3.05) is 0 Å². The molecule has 0 bridgehead atoms. The van der Waals surface area contributed by atoms with Crippen molar-refractivity contribution >= 4 is 10.9 Å². The lowest BCUT2D eigenvalue weighted by molar-refractivity contribution is 0.519. The fourth-order valence-corrected chi connectivity index (χ4v) is 2.70. The SMILES string of the molecule is [CH]1CCCC(c2ccnc3ccccc23)C1. The number of hydrogen-bond acceptors (Lipinski definition) is 1. The van der Waals surface area contributed by atoms with Crippen molar-refractivity contribution in [3.8, 4) is 0 Å². The predicted molar refractivity (Wildman–Crippen MR) is 67.3 cm³/mol. The van der Waals surface area contributed by atoms with E-state index in [1.54, 1.807) is 0 Å². The normalized spacial score (nSPS) is 17.8. The fourth-order valence-electron chi connectivity index (χ4n) is 2.70. The fraction of sp³-hybridized carbons (Fsp3) is 0.333. The van der Waals surface area contributed by atoms with Crippen molar-refractivity contribution < 1.29 is 0 Å². The molecule has 81 valence electrons. The summed E-state index contributed by atoms with van der Waals surface area (Å²) in [6, 6.07) is 10.7. The number of hydrogen-bond donors (Lipinski definition) is 0. The second-order valence-corrected chi connectivity index (χ2v) is 4.57. The Bertz CT molecular complexity index is 478. The number of para-hydroxylation sites is 1. The third-order valence-electron chi connectivity index (χ3n) is 3.53. The van der Waals surface area contributed by atoms with E-state index in [4.69, 9.17) is 0 Å². The number of pyridine rings is 1. The van der Waals surface area contributed by atoms with Gasteiger partial charge in [-0.25, -0.2) is 0 Å². The maximum atomic E-state index is 4.43. The van der Waals surface area contributed by atoms with Crippen LogP contribution in [0.2, 0.25) is 0 Å². The van der Waals surface area contributed by atoms with Crippen LogP contribution in [0.4, 0.5) is 0 Å². The topological polar surface area (TPSA) is 12.9 Å². The molecule has 0 amide bonds. The lowest BCUT2D eigenvalue weighted by Crippen LogP contribution is -2.05. The van der Waals surface area contributed by atoms with Gasteiger partial charge >= 0.3 is 0 Å². The zero-order valence-electron chi connectivity index (χ0n) is 9.39. The van der Waals surface area contributed by atoms with E-state index < -0.39 is 0 Å². The monoisotopic (exact) mass is 210 g/mol. The Balaban J connectivity index is 2.08. The maximum absolute atomic E-state index is 4.43. The van der Waals surface area contributed by atoms with E-state index in [2.05, 4.69) is 41.7 Å². The van der Waals surface area contributed by atoms with E-state index in [0.29, 0.717) is 5.92 Å². The summed E-state index contributed by atoms with van der Waals surface area (Å²) >= 11 is 0. The van der Waals surface area contributed by atoms with Gasteiger partial charge in [0.2, 0.25) is 0 Å². The molecule has 0 N–H and O–H groups in total. The molecule has 0 aliphatic heterocycles. The molecule has 3 rings (SSSR count). The van der Waals surface area contributed by atoms with Crippen molar-refractivity contribution in [2.45, 2.75) is 31.6 Å². The van der Waals surface area contributed by atoms with Gasteiger partial charge in [-0.15, -0.1) is 0 Å². The van der Waals surface area contributed by atoms with E-state index in [-0.39, 0.29) is 0 Å². The summed E-state index contributed by atoms with van der Waals surface area (Å²) < 4.78 is 0. The molecule has 1 aliphatic rings. The van der Waals surface area contributed by atoms with Gasteiger partial charge in [-0.1, -0.05) is 31.0 Å². The Hall–Kier alpha value is -1.37. The predicted octanol–water partition coefficient (Wildman–Crippen LogP) is 4.10. The average Bonchev–Trinajstić information content (AvgIpc) is 2.39. The Morgan fingerprint density at radius 3 is 2.94 bits per heavy atom. The largest absolute Gasteiger partial charge is 0.256 e. The highest BCUT2D eigenvalue weighted by molar-refractivity contribution is 5.82. The van der Waals surface area contributed by atoms with Crippen LogP contribution in [-0.2, 0) is 0 Å². The third-order valence-corrected chi connectivity index (χ3v) is 3.53.